The van der Waals surface area contributed by atoms with E-state index in [1.54, 1.807) is 4.57 Å². The maximum Gasteiger partial charge on any atom is 0.488 e. The van der Waals surface area contributed by atoms with Crippen LogP contribution in [-0.4, -0.2) is 62.0 Å². The Morgan fingerprint density at radius 2 is 2.10 bits per heavy atom. The molecule has 0 spiro atoms. The molecule has 0 aliphatic carbocycles. The minimum Gasteiger partial charge on any atom is -0.385 e. The van der Waals surface area contributed by atoms with Gasteiger partial charge < -0.3 is 20.9 Å². The molecule has 0 saturated carbocycles. The number of aromatic nitrogens is 4. The van der Waals surface area contributed by atoms with E-state index in [9.17, 15) is 10.00 Å². The molecular formula is C17H19BN6O5P+. The monoisotopic (exact) mass is 429 g/mol. The highest BCUT2D eigenvalue weighted by Crippen LogP contribution is 2.58. The molecule has 3 aromatic rings. The minimum absolute atomic E-state index is 0.00443. The summed E-state index contributed by atoms with van der Waals surface area (Å²) in [6.07, 6.45) is -2.23. The summed E-state index contributed by atoms with van der Waals surface area (Å²) < 4.78 is 18.1. The number of aliphatic hydroxyl groups excluding tert-OH is 1. The molecule has 5 rings (SSSR count). The Bertz CT molecular complexity index is 1070. The first-order valence-electron chi connectivity index (χ1n) is 9.26. The molecule has 11 nitrogen and oxygen atoms in total. The molecule has 1 unspecified atom stereocenters. The first kappa shape index (κ1) is 19.6. The number of nitrogens with two attached hydrogens (primary N) is 1. The fourth-order valence-electron chi connectivity index (χ4n) is 3.65. The standard InChI is InChI=1S/C17H19BN6O5P/c18-30(26)27-7-10-13(29-30)12(25)16(28-10)24-15-11(14(19)21-8-22-15)23-17(24)20-6-9-4-2-1-3-5-9/h1-5,8,10,12-13,16,25-26H,6-7H2,(H,20,23)(H2,19,21,22)/q+1/t10-,12-,13-,16-,30?/m1/s1. The van der Waals surface area contributed by atoms with E-state index in [-0.39, 0.29) is 12.4 Å². The van der Waals surface area contributed by atoms with Crippen molar-refractivity contribution in [1.29, 1.82) is 0 Å². The Hall–Kier alpha value is -2.34. The van der Waals surface area contributed by atoms with E-state index in [2.05, 4.69) is 20.3 Å². The van der Waals surface area contributed by atoms with E-state index >= 15 is 0 Å². The van der Waals surface area contributed by atoms with Crippen LogP contribution in [0.25, 0.3) is 11.2 Å². The number of nitrogens with zero attached hydrogens (tertiary/aromatic N) is 4. The van der Waals surface area contributed by atoms with Gasteiger partial charge in [0.25, 0.3) is 0 Å². The van der Waals surface area contributed by atoms with Crippen molar-refractivity contribution >= 4 is 38.3 Å². The van der Waals surface area contributed by atoms with Crippen LogP contribution < -0.4 is 11.1 Å². The number of rotatable bonds is 4. The molecule has 154 valence electrons. The van der Waals surface area contributed by atoms with E-state index in [1.165, 1.54) is 6.33 Å². The average molecular weight is 429 g/mol. The van der Waals surface area contributed by atoms with Crippen LogP contribution in [0, 0.1) is 0 Å². The Kier molecular flexibility index (Phi) is 4.85. The van der Waals surface area contributed by atoms with Gasteiger partial charge in [0.15, 0.2) is 29.3 Å². The number of hydrogen-bond acceptors (Lipinski definition) is 10. The Balaban J connectivity index is 1.52. The predicted molar refractivity (Wildman–Crippen MR) is 109 cm³/mol. The van der Waals surface area contributed by atoms with Crippen LogP contribution in [0.5, 0.6) is 0 Å². The highest BCUT2D eigenvalue weighted by Gasteiger charge is 2.57. The number of nitrogen functional groups attached to an aromatic ring is 1. The van der Waals surface area contributed by atoms with Gasteiger partial charge in [0.2, 0.25) is 5.95 Å². The predicted octanol–water partition coefficient (Wildman–Crippen LogP) is 0.533. The molecule has 2 aromatic heterocycles. The zero-order valence-electron chi connectivity index (χ0n) is 15.7. The van der Waals surface area contributed by atoms with Crippen molar-refractivity contribution in [3.63, 3.8) is 0 Å². The first-order chi connectivity index (χ1) is 14.4. The van der Waals surface area contributed by atoms with Crippen LogP contribution in [0.4, 0.5) is 11.8 Å². The molecule has 5 N–H and O–H groups in total. The summed E-state index contributed by atoms with van der Waals surface area (Å²) >= 11 is 0. The zero-order chi connectivity index (χ0) is 20.9. The van der Waals surface area contributed by atoms with Gasteiger partial charge in [0.05, 0.1) is 0 Å². The SMILES string of the molecule is [B][P+]1(O)OC[C@H]2O[C@@H](n3c(NCc4ccccc4)nc4c(N)ncnc43)[C@H](O)[C@@H]2O1. The Morgan fingerprint density at radius 1 is 1.30 bits per heavy atom. The molecule has 5 atom stereocenters. The lowest BCUT2D eigenvalue weighted by Crippen LogP contribution is -2.40. The highest BCUT2D eigenvalue weighted by atomic mass is 31.2. The van der Waals surface area contributed by atoms with Gasteiger partial charge in [-0.25, -0.2) is 19.8 Å². The summed E-state index contributed by atoms with van der Waals surface area (Å²) in [6, 6.07) is 9.75. The molecule has 13 heteroatoms. The summed E-state index contributed by atoms with van der Waals surface area (Å²) in [4.78, 5) is 22.7. The second-order valence-electron chi connectivity index (χ2n) is 7.06. The van der Waals surface area contributed by atoms with Crippen LogP contribution >= 0.6 is 7.82 Å². The van der Waals surface area contributed by atoms with Crippen molar-refractivity contribution < 1.29 is 23.8 Å². The highest BCUT2D eigenvalue weighted by molar-refractivity contribution is 7.85. The fourth-order valence-corrected chi connectivity index (χ4v) is 4.68. The van der Waals surface area contributed by atoms with Gasteiger partial charge in [0.1, 0.15) is 25.1 Å². The summed E-state index contributed by atoms with van der Waals surface area (Å²) in [5.41, 5.74) is 7.78. The van der Waals surface area contributed by atoms with E-state index in [0.29, 0.717) is 23.7 Å². The van der Waals surface area contributed by atoms with Crippen molar-refractivity contribution in [2.75, 3.05) is 17.7 Å². The second kappa shape index (κ2) is 7.42. The van der Waals surface area contributed by atoms with Crippen LogP contribution in [0.1, 0.15) is 11.8 Å². The maximum absolute atomic E-state index is 10.9. The van der Waals surface area contributed by atoms with Gasteiger partial charge in [0, 0.05) is 6.54 Å². The molecule has 1 aromatic carbocycles. The molecule has 4 heterocycles. The van der Waals surface area contributed by atoms with Crippen LogP contribution in [-0.2, 0) is 20.3 Å². The topological polar surface area (TPSA) is 150 Å². The normalized spacial score (nSPS) is 31.0. The van der Waals surface area contributed by atoms with Crippen molar-refractivity contribution in [3.8, 4) is 0 Å². The van der Waals surface area contributed by atoms with Gasteiger partial charge in [-0.05, 0) is 5.56 Å². The Morgan fingerprint density at radius 3 is 2.90 bits per heavy atom. The van der Waals surface area contributed by atoms with E-state index < -0.39 is 32.4 Å². The maximum atomic E-state index is 10.9. The summed E-state index contributed by atoms with van der Waals surface area (Å²) in [5, 5.41) is 14.2. The smallest absolute Gasteiger partial charge is 0.385 e. The van der Waals surface area contributed by atoms with E-state index in [4.69, 9.17) is 27.1 Å². The third-order valence-corrected chi connectivity index (χ3v) is 6.12. The van der Waals surface area contributed by atoms with Crippen LogP contribution in [0.2, 0.25) is 0 Å². The number of fused-ring (bicyclic) bond motifs is 2. The Labute approximate surface area is 173 Å². The number of hydrogen-bond donors (Lipinski definition) is 4. The third kappa shape index (κ3) is 3.41. The quantitative estimate of drug-likeness (QED) is 0.342. The molecule has 0 amide bonds. The molecule has 2 aliphatic rings. The van der Waals surface area contributed by atoms with Crippen LogP contribution in [0.15, 0.2) is 36.7 Å². The van der Waals surface area contributed by atoms with Gasteiger partial charge in [-0.3, -0.25) is 4.57 Å². The number of imidazole rings is 1. The molecular weight excluding hydrogens is 410 g/mol. The minimum atomic E-state index is -3.49. The molecule has 2 aliphatic heterocycles. The number of anilines is 2. The van der Waals surface area contributed by atoms with Gasteiger partial charge in [-0.1, -0.05) is 30.3 Å². The first-order valence-corrected chi connectivity index (χ1v) is 10.9. The van der Waals surface area contributed by atoms with Crippen molar-refractivity contribution in [2.24, 2.45) is 0 Å². The average Bonchev–Trinajstić information content (AvgIpc) is 3.25. The van der Waals surface area contributed by atoms with Gasteiger partial charge in [-0.15, -0.1) is 0 Å². The number of aliphatic hydroxyl groups is 1. The van der Waals surface area contributed by atoms with Crippen molar-refractivity contribution in [2.45, 2.75) is 31.1 Å². The lowest BCUT2D eigenvalue weighted by molar-refractivity contribution is -0.0597. The lowest BCUT2D eigenvalue weighted by atomic mass is 10.1. The summed E-state index contributed by atoms with van der Waals surface area (Å²) in [7, 11) is 2.11. The molecule has 2 saturated heterocycles. The third-order valence-electron chi connectivity index (χ3n) is 5.06. The van der Waals surface area contributed by atoms with Crippen molar-refractivity contribution in [3.05, 3.63) is 42.2 Å². The molecule has 2 radical (unpaired) electrons. The fraction of sp³-hybridized carbons (Fsp3) is 0.353. The van der Waals surface area contributed by atoms with Crippen molar-refractivity contribution in [1.82, 2.24) is 19.5 Å². The molecule has 30 heavy (non-hydrogen) atoms. The summed E-state index contributed by atoms with van der Waals surface area (Å²) in [5.74, 6) is 0.593. The van der Waals surface area contributed by atoms with Gasteiger partial charge >= 0.3 is 15.4 Å². The summed E-state index contributed by atoms with van der Waals surface area (Å²) in [6.45, 7) is 0.469. The van der Waals surface area contributed by atoms with Crippen LogP contribution in [0.3, 0.4) is 0 Å². The van der Waals surface area contributed by atoms with E-state index in [1.807, 2.05) is 30.3 Å². The zero-order valence-corrected chi connectivity index (χ0v) is 16.6. The molecule has 2 fully saturated rings. The number of nitrogens with one attached hydrogen (secondary N) is 1. The largest absolute Gasteiger partial charge is 0.488 e. The number of ether oxygens (including phenoxy) is 1. The lowest BCUT2D eigenvalue weighted by Gasteiger charge is -2.27. The van der Waals surface area contributed by atoms with Gasteiger partial charge in [-0.2, -0.15) is 9.05 Å². The molecule has 0 bridgehead atoms. The van der Waals surface area contributed by atoms with E-state index in [0.717, 1.165) is 5.56 Å². The second-order valence-corrected chi connectivity index (χ2v) is 8.66. The number of benzene rings is 1.